The summed E-state index contributed by atoms with van der Waals surface area (Å²) >= 11 is 0. The van der Waals surface area contributed by atoms with Crippen LogP contribution in [-0.4, -0.2) is 54.9 Å². The summed E-state index contributed by atoms with van der Waals surface area (Å²) in [5, 5.41) is 7.54. The Morgan fingerprint density at radius 2 is 1.23 bits per heavy atom. The Morgan fingerprint density at radius 1 is 0.829 bits per heavy atom. The van der Waals surface area contributed by atoms with E-state index in [9.17, 15) is 4.79 Å². The van der Waals surface area contributed by atoms with E-state index in [1.165, 1.54) is 18.2 Å². The minimum atomic E-state index is -0.0759. The number of hydrogen-bond acceptors (Lipinski definition) is 5. The van der Waals surface area contributed by atoms with E-state index in [1.54, 1.807) is 0 Å². The molecule has 0 aromatic heterocycles. The summed E-state index contributed by atoms with van der Waals surface area (Å²) in [5.74, 6) is 1.41. The monoisotopic (exact) mass is 482 g/mol. The van der Waals surface area contributed by atoms with Crippen LogP contribution in [0.1, 0.15) is 39.8 Å². The second kappa shape index (κ2) is 14.6. The highest BCUT2D eigenvalue weighted by Gasteiger charge is 2.35. The Morgan fingerprint density at radius 3 is 1.60 bits per heavy atom. The van der Waals surface area contributed by atoms with Gasteiger partial charge in [0, 0.05) is 45.2 Å². The average molecular weight is 483 g/mol. The summed E-state index contributed by atoms with van der Waals surface area (Å²) < 4.78 is 4.84. The average Bonchev–Trinajstić information content (AvgIpc) is 3.36. The number of nitrogens with zero attached hydrogens (tertiary/aromatic N) is 2. The van der Waals surface area contributed by atoms with Gasteiger partial charge in [-0.2, -0.15) is 0 Å². The van der Waals surface area contributed by atoms with Gasteiger partial charge in [0.05, 0.1) is 18.9 Å². The zero-order valence-corrected chi connectivity index (χ0v) is 20.1. The number of hydrogen-bond donors (Lipinski definition) is 2. The molecule has 0 radical (unpaired) electrons. The van der Waals surface area contributed by atoms with E-state index in [1.807, 2.05) is 24.3 Å². The zero-order chi connectivity index (χ0) is 23.8. The van der Waals surface area contributed by atoms with Gasteiger partial charge in [-0.3, -0.25) is 20.0 Å². The predicted octanol–water partition coefficient (Wildman–Crippen LogP) is 4.89. The van der Waals surface area contributed by atoms with Gasteiger partial charge in [-0.15, -0.1) is 0 Å². The van der Waals surface area contributed by atoms with Crippen LogP contribution in [0.25, 0.3) is 0 Å². The van der Waals surface area contributed by atoms with Gasteiger partial charge in [0.2, 0.25) is 0 Å². The van der Waals surface area contributed by atoms with Crippen LogP contribution in [0.5, 0.6) is 0 Å². The lowest BCUT2D eigenvalue weighted by Crippen LogP contribution is -2.28. The molecule has 0 amide bonds. The number of carbonyl (C=O) groups excluding carboxylic acids is 1. The maximum absolute atomic E-state index is 11.6. The first-order valence-corrected chi connectivity index (χ1v) is 11.8. The zero-order valence-electron chi connectivity index (χ0n) is 20.1. The largest absolute Gasteiger partial charge is 0.469 e. The fraction of sp³-hybridized carbons (Fsp3) is 0.517. The molecule has 4 rings (SSSR count). The maximum Gasteiger partial charge on any atom is 0.310 e. The molecular formula is C29H46N4O2. The molecule has 6 nitrogen and oxygen atoms in total. The lowest BCUT2D eigenvalue weighted by molar-refractivity contribution is -0.146. The van der Waals surface area contributed by atoms with E-state index in [-0.39, 0.29) is 32.7 Å². The van der Waals surface area contributed by atoms with Crippen LogP contribution in [0.2, 0.25) is 0 Å². The molecular weight excluding hydrogens is 436 g/mol. The SMILES string of the molecule is C.C.CC1CN(Cc2ccccc2)CC1C(=N)N.COC(=O)C1CN(Cc2ccccc2)CC1C. The number of esters is 1. The van der Waals surface area contributed by atoms with Crippen molar-refractivity contribution < 1.29 is 9.53 Å². The van der Waals surface area contributed by atoms with E-state index < -0.39 is 0 Å². The van der Waals surface area contributed by atoms with Crippen LogP contribution in [0, 0.1) is 29.1 Å². The number of nitrogens with one attached hydrogen (secondary N) is 1. The Hall–Kier alpha value is -2.70. The van der Waals surface area contributed by atoms with E-state index in [2.05, 4.69) is 60.0 Å². The van der Waals surface area contributed by atoms with Gasteiger partial charge in [0.15, 0.2) is 0 Å². The van der Waals surface area contributed by atoms with Crippen LogP contribution in [0.4, 0.5) is 0 Å². The highest BCUT2D eigenvalue weighted by Crippen LogP contribution is 2.26. The number of ether oxygens (including phenoxy) is 1. The first kappa shape index (κ1) is 30.3. The van der Waals surface area contributed by atoms with Crippen molar-refractivity contribution in [2.45, 2.75) is 41.8 Å². The molecule has 2 heterocycles. The third kappa shape index (κ3) is 8.79. The lowest BCUT2D eigenvalue weighted by atomic mass is 9.97. The molecule has 2 aliphatic rings. The van der Waals surface area contributed by atoms with Gasteiger partial charge >= 0.3 is 5.97 Å². The number of amidine groups is 1. The van der Waals surface area contributed by atoms with E-state index >= 15 is 0 Å². The standard InChI is InChI=1S/C14H19NO2.C13H19N3.2CH4/c1-11-8-15(10-13(11)14(16)17-2)9-12-6-4-3-5-7-12;1-10-7-16(9-12(10)13(14)15)8-11-5-3-2-4-6-11;;/h3-7,11,13H,8-10H2,1-2H3;2-6,10,12H,7-9H2,1H3,(H3,14,15);2*1H4. The Balaban J connectivity index is 0.000000332. The topological polar surface area (TPSA) is 82.6 Å². The number of carbonyl (C=O) groups is 1. The highest BCUT2D eigenvalue weighted by molar-refractivity contribution is 5.80. The summed E-state index contributed by atoms with van der Waals surface area (Å²) in [7, 11) is 1.47. The second-order valence-electron chi connectivity index (χ2n) is 9.51. The van der Waals surface area contributed by atoms with Crippen molar-refractivity contribution in [1.29, 1.82) is 5.41 Å². The molecule has 2 aromatic carbocycles. The molecule has 2 fully saturated rings. The molecule has 0 spiro atoms. The smallest absolute Gasteiger partial charge is 0.310 e. The van der Waals surface area contributed by atoms with Crippen molar-refractivity contribution in [3.63, 3.8) is 0 Å². The first-order valence-electron chi connectivity index (χ1n) is 11.8. The number of methoxy groups -OCH3 is 1. The third-order valence-electron chi connectivity index (χ3n) is 6.78. The van der Waals surface area contributed by atoms with Crippen molar-refractivity contribution in [3.8, 4) is 0 Å². The minimum Gasteiger partial charge on any atom is -0.469 e. The van der Waals surface area contributed by atoms with Crippen LogP contribution in [-0.2, 0) is 22.6 Å². The number of nitrogens with two attached hydrogens (primary N) is 1. The van der Waals surface area contributed by atoms with Crippen molar-refractivity contribution in [3.05, 3.63) is 71.8 Å². The molecule has 0 bridgehead atoms. The van der Waals surface area contributed by atoms with Crippen LogP contribution < -0.4 is 5.73 Å². The summed E-state index contributed by atoms with van der Waals surface area (Å²) in [5.41, 5.74) is 8.23. The second-order valence-corrected chi connectivity index (χ2v) is 9.51. The highest BCUT2D eigenvalue weighted by atomic mass is 16.5. The number of likely N-dealkylation sites (tertiary alicyclic amines) is 2. The van der Waals surface area contributed by atoms with Crippen LogP contribution in [0.3, 0.4) is 0 Å². The molecule has 3 N–H and O–H groups in total. The molecule has 194 valence electrons. The Kier molecular flexibility index (Phi) is 12.7. The van der Waals surface area contributed by atoms with Crippen LogP contribution in [0.15, 0.2) is 60.7 Å². The summed E-state index contributed by atoms with van der Waals surface area (Å²) in [4.78, 5) is 16.3. The van der Waals surface area contributed by atoms with E-state index in [0.29, 0.717) is 17.7 Å². The van der Waals surface area contributed by atoms with Gasteiger partial charge in [-0.25, -0.2) is 0 Å². The van der Waals surface area contributed by atoms with Gasteiger partial charge in [-0.1, -0.05) is 89.4 Å². The van der Waals surface area contributed by atoms with Crippen molar-refractivity contribution >= 4 is 11.8 Å². The summed E-state index contributed by atoms with van der Waals surface area (Å²) in [6.45, 7) is 9.92. The molecule has 4 unspecified atom stereocenters. The molecule has 6 heteroatoms. The molecule has 35 heavy (non-hydrogen) atoms. The van der Waals surface area contributed by atoms with Crippen molar-refractivity contribution in [2.75, 3.05) is 33.3 Å². The Bertz CT molecular complexity index is 890. The third-order valence-corrected chi connectivity index (χ3v) is 6.78. The fourth-order valence-electron chi connectivity index (χ4n) is 4.94. The molecule has 4 atom stereocenters. The molecule has 2 aromatic rings. The van der Waals surface area contributed by atoms with Crippen LogP contribution >= 0.6 is 0 Å². The quantitative estimate of drug-likeness (QED) is 0.348. The van der Waals surface area contributed by atoms with Gasteiger partial charge < -0.3 is 10.5 Å². The van der Waals surface area contributed by atoms with Gasteiger partial charge in [-0.05, 0) is 23.0 Å². The minimum absolute atomic E-state index is 0. The predicted molar refractivity (Wildman–Crippen MR) is 146 cm³/mol. The number of benzene rings is 2. The summed E-state index contributed by atoms with van der Waals surface area (Å²) in [6.07, 6.45) is 0. The fourth-order valence-corrected chi connectivity index (χ4v) is 4.94. The Labute approximate surface area is 213 Å². The summed E-state index contributed by atoms with van der Waals surface area (Å²) in [6, 6.07) is 20.8. The molecule has 2 aliphatic heterocycles. The van der Waals surface area contributed by atoms with Crippen molar-refractivity contribution in [1.82, 2.24) is 9.80 Å². The molecule has 0 aliphatic carbocycles. The number of rotatable bonds is 6. The van der Waals surface area contributed by atoms with Gasteiger partial charge in [0.1, 0.15) is 0 Å². The van der Waals surface area contributed by atoms with Gasteiger partial charge in [0.25, 0.3) is 0 Å². The lowest BCUT2D eigenvalue weighted by Gasteiger charge is -2.15. The van der Waals surface area contributed by atoms with E-state index in [0.717, 1.165) is 39.3 Å². The van der Waals surface area contributed by atoms with Crippen molar-refractivity contribution in [2.24, 2.45) is 29.4 Å². The first-order chi connectivity index (χ1) is 15.9. The van der Waals surface area contributed by atoms with E-state index in [4.69, 9.17) is 15.9 Å². The molecule has 2 saturated heterocycles. The normalized spacial score (nSPS) is 23.9. The maximum atomic E-state index is 11.6. The molecule has 0 saturated carbocycles.